The topological polar surface area (TPSA) is 55.8 Å². The number of methoxy groups -OCH3 is 1. The molecule has 1 atom stereocenters. The molecule has 0 rings (SSSR count). The number of rotatable bonds is 5. The molecule has 5 heteroatoms. The molecule has 0 aromatic carbocycles. The maximum absolute atomic E-state index is 11.6. The first kappa shape index (κ1) is 14.7. The Morgan fingerprint density at radius 2 is 1.81 bits per heavy atom. The van der Waals surface area contributed by atoms with Gasteiger partial charge in [0.2, 0.25) is 0 Å². The third-order valence-corrected chi connectivity index (χ3v) is 2.20. The SMILES string of the molecule is CCOC(=O)N(C[C@H](C)C(=O)OC)C(C)C. The summed E-state index contributed by atoms with van der Waals surface area (Å²) < 4.78 is 9.53. The maximum atomic E-state index is 11.6. The minimum Gasteiger partial charge on any atom is -0.469 e. The smallest absolute Gasteiger partial charge is 0.409 e. The molecular formula is C11H21NO4. The van der Waals surface area contributed by atoms with Crippen molar-refractivity contribution in [2.24, 2.45) is 5.92 Å². The van der Waals surface area contributed by atoms with Gasteiger partial charge in [-0.1, -0.05) is 6.92 Å². The van der Waals surface area contributed by atoms with Crippen LogP contribution in [0.1, 0.15) is 27.7 Å². The molecule has 16 heavy (non-hydrogen) atoms. The van der Waals surface area contributed by atoms with E-state index in [1.165, 1.54) is 12.0 Å². The Morgan fingerprint density at radius 3 is 2.19 bits per heavy atom. The molecule has 0 saturated carbocycles. The van der Waals surface area contributed by atoms with Crippen LogP contribution in [-0.4, -0.2) is 43.3 Å². The van der Waals surface area contributed by atoms with Crippen LogP contribution in [0.3, 0.4) is 0 Å². The van der Waals surface area contributed by atoms with E-state index >= 15 is 0 Å². The number of esters is 1. The van der Waals surface area contributed by atoms with E-state index in [9.17, 15) is 9.59 Å². The number of ether oxygens (including phenoxy) is 2. The van der Waals surface area contributed by atoms with E-state index in [0.717, 1.165) is 0 Å². The Bertz CT molecular complexity index is 240. The molecule has 0 heterocycles. The van der Waals surface area contributed by atoms with E-state index in [4.69, 9.17) is 4.74 Å². The molecular weight excluding hydrogens is 210 g/mol. The molecule has 0 aliphatic rings. The second-order valence-corrected chi connectivity index (χ2v) is 3.87. The highest BCUT2D eigenvalue weighted by Crippen LogP contribution is 2.08. The van der Waals surface area contributed by atoms with Crippen LogP contribution in [0.4, 0.5) is 4.79 Å². The molecule has 0 spiro atoms. The standard InChI is InChI=1S/C11H21NO4/c1-6-16-11(14)12(8(2)3)7-9(4)10(13)15-5/h8-9H,6-7H2,1-5H3/t9-/m0/s1. The summed E-state index contributed by atoms with van der Waals surface area (Å²) in [6, 6.07) is -0.00819. The molecule has 0 aromatic rings. The van der Waals surface area contributed by atoms with E-state index in [1.807, 2.05) is 13.8 Å². The molecule has 0 unspecified atom stereocenters. The quantitative estimate of drug-likeness (QED) is 0.675. The van der Waals surface area contributed by atoms with Crippen LogP contribution in [0.2, 0.25) is 0 Å². The van der Waals surface area contributed by atoms with Gasteiger partial charge in [0.05, 0.1) is 19.6 Å². The largest absolute Gasteiger partial charge is 0.469 e. The Kier molecular flexibility index (Phi) is 6.53. The second kappa shape index (κ2) is 7.09. The van der Waals surface area contributed by atoms with Gasteiger partial charge in [-0.25, -0.2) is 4.79 Å². The molecule has 0 aliphatic carbocycles. The number of carbonyl (C=O) groups is 2. The molecule has 0 aromatic heterocycles. The number of hydrogen-bond donors (Lipinski definition) is 0. The van der Waals surface area contributed by atoms with E-state index in [2.05, 4.69) is 4.74 Å². The summed E-state index contributed by atoms with van der Waals surface area (Å²) in [7, 11) is 1.34. The van der Waals surface area contributed by atoms with Gasteiger partial charge in [-0.2, -0.15) is 0 Å². The van der Waals surface area contributed by atoms with Crippen molar-refractivity contribution in [2.75, 3.05) is 20.3 Å². The third kappa shape index (κ3) is 4.51. The lowest BCUT2D eigenvalue weighted by atomic mass is 10.1. The molecule has 0 bridgehead atoms. The minimum absolute atomic E-state index is 0.00819. The average molecular weight is 231 g/mol. The van der Waals surface area contributed by atoms with Crippen LogP contribution < -0.4 is 0 Å². The van der Waals surface area contributed by atoms with Gasteiger partial charge in [-0.05, 0) is 20.8 Å². The van der Waals surface area contributed by atoms with Gasteiger partial charge in [-0.15, -0.1) is 0 Å². The van der Waals surface area contributed by atoms with E-state index < -0.39 is 6.09 Å². The van der Waals surface area contributed by atoms with Crippen molar-refractivity contribution in [3.63, 3.8) is 0 Å². The zero-order valence-electron chi connectivity index (χ0n) is 10.6. The van der Waals surface area contributed by atoms with E-state index in [-0.39, 0.29) is 17.9 Å². The van der Waals surface area contributed by atoms with Crippen LogP contribution in [0.5, 0.6) is 0 Å². The van der Waals surface area contributed by atoms with Gasteiger partial charge in [0, 0.05) is 12.6 Å². The zero-order valence-corrected chi connectivity index (χ0v) is 10.6. The predicted molar refractivity (Wildman–Crippen MR) is 60.0 cm³/mol. The maximum Gasteiger partial charge on any atom is 0.409 e. The van der Waals surface area contributed by atoms with Gasteiger partial charge < -0.3 is 14.4 Å². The summed E-state index contributed by atoms with van der Waals surface area (Å²) >= 11 is 0. The number of amides is 1. The summed E-state index contributed by atoms with van der Waals surface area (Å²) in [6.45, 7) is 7.86. The Morgan fingerprint density at radius 1 is 1.25 bits per heavy atom. The fourth-order valence-electron chi connectivity index (χ4n) is 1.27. The molecule has 0 fully saturated rings. The lowest BCUT2D eigenvalue weighted by molar-refractivity contribution is -0.145. The van der Waals surface area contributed by atoms with Crippen molar-refractivity contribution in [3.8, 4) is 0 Å². The van der Waals surface area contributed by atoms with Crippen LogP contribution in [0.15, 0.2) is 0 Å². The van der Waals surface area contributed by atoms with Crippen LogP contribution >= 0.6 is 0 Å². The Balaban J connectivity index is 4.45. The van der Waals surface area contributed by atoms with Crippen molar-refractivity contribution in [1.82, 2.24) is 4.90 Å². The molecule has 0 aliphatic heterocycles. The van der Waals surface area contributed by atoms with Crippen molar-refractivity contribution >= 4 is 12.1 Å². The summed E-state index contributed by atoms with van der Waals surface area (Å²) in [5.74, 6) is -0.674. The normalized spacial score (nSPS) is 12.1. The average Bonchev–Trinajstić information content (AvgIpc) is 2.23. The van der Waals surface area contributed by atoms with Gasteiger partial charge in [0.25, 0.3) is 0 Å². The molecule has 0 radical (unpaired) electrons. The first-order valence-corrected chi connectivity index (χ1v) is 5.45. The van der Waals surface area contributed by atoms with Crippen LogP contribution in [0.25, 0.3) is 0 Å². The Labute approximate surface area is 96.7 Å². The summed E-state index contributed by atoms with van der Waals surface area (Å²) in [6.07, 6.45) is -0.395. The second-order valence-electron chi connectivity index (χ2n) is 3.87. The molecule has 5 nitrogen and oxygen atoms in total. The monoisotopic (exact) mass is 231 g/mol. The van der Waals surface area contributed by atoms with Gasteiger partial charge in [-0.3, -0.25) is 4.79 Å². The highest BCUT2D eigenvalue weighted by molar-refractivity contribution is 5.74. The first-order valence-electron chi connectivity index (χ1n) is 5.45. The summed E-state index contributed by atoms with van der Waals surface area (Å²) in [5.41, 5.74) is 0. The third-order valence-electron chi connectivity index (χ3n) is 2.20. The van der Waals surface area contributed by atoms with Crippen LogP contribution in [-0.2, 0) is 14.3 Å². The lowest BCUT2D eigenvalue weighted by Gasteiger charge is -2.27. The number of hydrogen-bond acceptors (Lipinski definition) is 4. The van der Waals surface area contributed by atoms with Crippen molar-refractivity contribution in [1.29, 1.82) is 0 Å². The molecule has 0 N–H and O–H groups in total. The van der Waals surface area contributed by atoms with Crippen molar-refractivity contribution in [3.05, 3.63) is 0 Å². The fraction of sp³-hybridized carbons (Fsp3) is 0.818. The summed E-state index contributed by atoms with van der Waals surface area (Å²) in [4.78, 5) is 24.4. The van der Waals surface area contributed by atoms with Gasteiger partial charge in [0.1, 0.15) is 0 Å². The predicted octanol–water partition coefficient (Wildman–Crippen LogP) is 1.66. The van der Waals surface area contributed by atoms with Gasteiger partial charge in [0.15, 0.2) is 0 Å². The molecule has 0 saturated heterocycles. The highest BCUT2D eigenvalue weighted by atomic mass is 16.6. The summed E-state index contributed by atoms with van der Waals surface area (Å²) in [5, 5.41) is 0. The fourth-order valence-corrected chi connectivity index (χ4v) is 1.27. The molecule has 1 amide bonds. The van der Waals surface area contributed by atoms with E-state index in [1.54, 1.807) is 13.8 Å². The first-order chi connectivity index (χ1) is 7.43. The number of nitrogens with zero attached hydrogens (tertiary/aromatic N) is 1. The van der Waals surface area contributed by atoms with E-state index in [0.29, 0.717) is 13.2 Å². The van der Waals surface area contributed by atoms with Gasteiger partial charge >= 0.3 is 12.1 Å². The highest BCUT2D eigenvalue weighted by Gasteiger charge is 2.24. The minimum atomic E-state index is -0.395. The number of carbonyl (C=O) groups excluding carboxylic acids is 2. The van der Waals surface area contributed by atoms with Crippen molar-refractivity contribution in [2.45, 2.75) is 33.7 Å². The zero-order chi connectivity index (χ0) is 12.7. The van der Waals surface area contributed by atoms with Crippen LogP contribution in [0, 0.1) is 5.92 Å². The lowest BCUT2D eigenvalue weighted by Crippen LogP contribution is -2.42. The van der Waals surface area contributed by atoms with Crippen molar-refractivity contribution < 1.29 is 19.1 Å². The molecule has 94 valence electrons. The Hall–Kier alpha value is -1.26.